The molecule has 2 nitrogen and oxygen atoms in total. The molecule has 0 bridgehead atoms. The fourth-order valence-corrected chi connectivity index (χ4v) is 2.21. The molecule has 17 heavy (non-hydrogen) atoms. The number of halogens is 1. The van der Waals surface area contributed by atoms with Crippen LogP contribution in [0.25, 0.3) is 0 Å². The number of nitrogens with one attached hydrogen (secondary N) is 1. The van der Waals surface area contributed by atoms with E-state index >= 15 is 0 Å². The van der Waals surface area contributed by atoms with Gasteiger partial charge in [-0.1, -0.05) is 41.1 Å². The number of unbranched alkanes of at least 4 members (excludes halogenated alkanes) is 2. The Hall–Kier alpha value is -0.290. The summed E-state index contributed by atoms with van der Waals surface area (Å²) in [7, 11) is 1.70. The number of hydrogen-bond acceptors (Lipinski definition) is 2. The standard InChI is InChI=1S/C14H22INO/c1-17-14-7-5-13(6-8-14)9-12-16-11-4-2-3-10-15/h5-8,16H,2-4,9-12H2,1H3. The smallest absolute Gasteiger partial charge is 0.118 e. The van der Waals surface area contributed by atoms with Gasteiger partial charge in [-0.15, -0.1) is 0 Å². The predicted octanol–water partition coefficient (Wildman–Crippen LogP) is 3.43. The maximum absolute atomic E-state index is 5.13. The largest absolute Gasteiger partial charge is 0.497 e. The first-order valence-electron chi connectivity index (χ1n) is 6.26. The maximum Gasteiger partial charge on any atom is 0.118 e. The molecule has 0 heterocycles. The third kappa shape index (κ3) is 6.88. The van der Waals surface area contributed by atoms with Crippen LogP contribution in [0.4, 0.5) is 0 Å². The lowest BCUT2D eigenvalue weighted by molar-refractivity contribution is 0.414. The fourth-order valence-electron chi connectivity index (χ4n) is 1.67. The molecule has 0 aliphatic rings. The number of hydrogen-bond donors (Lipinski definition) is 1. The number of ether oxygens (including phenoxy) is 1. The second kappa shape index (κ2) is 9.71. The summed E-state index contributed by atoms with van der Waals surface area (Å²) in [4.78, 5) is 0. The van der Waals surface area contributed by atoms with Gasteiger partial charge in [-0.3, -0.25) is 0 Å². The lowest BCUT2D eigenvalue weighted by Crippen LogP contribution is -2.18. The molecule has 1 aromatic rings. The van der Waals surface area contributed by atoms with Crippen LogP contribution in [-0.4, -0.2) is 24.6 Å². The van der Waals surface area contributed by atoms with Crippen LogP contribution in [0.2, 0.25) is 0 Å². The molecular weight excluding hydrogens is 325 g/mol. The van der Waals surface area contributed by atoms with Crippen molar-refractivity contribution in [3.05, 3.63) is 29.8 Å². The summed E-state index contributed by atoms with van der Waals surface area (Å²) in [5.74, 6) is 0.931. The number of rotatable bonds is 9. The Kier molecular flexibility index (Phi) is 8.44. The Morgan fingerprint density at radius 1 is 1.06 bits per heavy atom. The van der Waals surface area contributed by atoms with Crippen LogP contribution in [0.15, 0.2) is 24.3 Å². The Morgan fingerprint density at radius 3 is 2.47 bits per heavy atom. The first kappa shape index (κ1) is 14.8. The number of alkyl halides is 1. The van der Waals surface area contributed by atoms with Crippen molar-refractivity contribution in [2.24, 2.45) is 0 Å². The number of methoxy groups -OCH3 is 1. The van der Waals surface area contributed by atoms with Crippen molar-refractivity contribution >= 4 is 22.6 Å². The molecular formula is C14H22INO. The van der Waals surface area contributed by atoms with E-state index in [0.29, 0.717) is 0 Å². The van der Waals surface area contributed by atoms with Gasteiger partial charge in [0.05, 0.1) is 7.11 Å². The summed E-state index contributed by atoms with van der Waals surface area (Å²) in [5, 5.41) is 3.49. The third-order valence-corrected chi connectivity index (χ3v) is 3.50. The minimum Gasteiger partial charge on any atom is -0.497 e. The van der Waals surface area contributed by atoms with E-state index in [2.05, 4.69) is 40.0 Å². The molecule has 1 N–H and O–H groups in total. The van der Waals surface area contributed by atoms with Crippen LogP contribution in [0.1, 0.15) is 24.8 Å². The second-order valence-electron chi connectivity index (χ2n) is 4.10. The van der Waals surface area contributed by atoms with E-state index < -0.39 is 0 Å². The zero-order valence-corrected chi connectivity index (χ0v) is 12.7. The van der Waals surface area contributed by atoms with Crippen LogP contribution in [0.5, 0.6) is 5.75 Å². The lowest BCUT2D eigenvalue weighted by Gasteiger charge is -2.05. The topological polar surface area (TPSA) is 21.3 Å². The first-order valence-corrected chi connectivity index (χ1v) is 7.79. The van der Waals surface area contributed by atoms with E-state index in [-0.39, 0.29) is 0 Å². The normalized spacial score (nSPS) is 10.5. The Labute approximate surface area is 118 Å². The van der Waals surface area contributed by atoms with Gasteiger partial charge in [0.1, 0.15) is 5.75 Å². The Bertz CT molecular complexity index is 287. The van der Waals surface area contributed by atoms with Gasteiger partial charge in [-0.05, 0) is 54.5 Å². The molecule has 96 valence electrons. The van der Waals surface area contributed by atoms with Crippen LogP contribution < -0.4 is 10.1 Å². The molecule has 0 atom stereocenters. The molecule has 0 fully saturated rings. The molecule has 0 spiro atoms. The first-order chi connectivity index (χ1) is 8.36. The summed E-state index contributed by atoms with van der Waals surface area (Å²) < 4.78 is 6.41. The van der Waals surface area contributed by atoms with Crippen molar-refractivity contribution in [2.75, 3.05) is 24.6 Å². The molecule has 1 aromatic carbocycles. The summed E-state index contributed by atoms with van der Waals surface area (Å²) in [5.41, 5.74) is 1.37. The molecule has 0 amide bonds. The van der Waals surface area contributed by atoms with E-state index in [1.165, 1.54) is 29.3 Å². The van der Waals surface area contributed by atoms with E-state index in [1.807, 2.05) is 12.1 Å². The highest BCUT2D eigenvalue weighted by Crippen LogP contribution is 2.11. The van der Waals surface area contributed by atoms with Gasteiger partial charge in [0.2, 0.25) is 0 Å². The van der Waals surface area contributed by atoms with Crippen molar-refractivity contribution in [2.45, 2.75) is 25.7 Å². The lowest BCUT2D eigenvalue weighted by atomic mass is 10.1. The zero-order chi connectivity index (χ0) is 12.3. The minimum absolute atomic E-state index is 0.931. The average molecular weight is 347 g/mol. The van der Waals surface area contributed by atoms with E-state index in [0.717, 1.165) is 25.3 Å². The van der Waals surface area contributed by atoms with Crippen molar-refractivity contribution in [1.82, 2.24) is 5.32 Å². The highest BCUT2D eigenvalue weighted by Gasteiger charge is 1.94. The van der Waals surface area contributed by atoms with Crippen LogP contribution >= 0.6 is 22.6 Å². The monoisotopic (exact) mass is 347 g/mol. The van der Waals surface area contributed by atoms with Gasteiger partial charge >= 0.3 is 0 Å². The fraction of sp³-hybridized carbons (Fsp3) is 0.571. The van der Waals surface area contributed by atoms with E-state index in [1.54, 1.807) is 7.11 Å². The van der Waals surface area contributed by atoms with Crippen molar-refractivity contribution in [3.63, 3.8) is 0 Å². The predicted molar refractivity (Wildman–Crippen MR) is 82.3 cm³/mol. The molecule has 0 radical (unpaired) electrons. The molecule has 0 saturated heterocycles. The van der Waals surface area contributed by atoms with Crippen LogP contribution in [0, 0.1) is 0 Å². The van der Waals surface area contributed by atoms with Crippen LogP contribution in [-0.2, 0) is 6.42 Å². The van der Waals surface area contributed by atoms with Gasteiger partial charge < -0.3 is 10.1 Å². The Morgan fingerprint density at radius 2 is 1.82 bits per heavy atom. The number of benzene rings is 1. The summed E-state index contributed by atoms with van der Waals surface area (Å²) >= 11 is 2.44. The SMILES string of the molecule is COc1ccc(CCNCCCCCI)cc1. The molecule has 0 aliphatic heterocycles. The maximum atomic E-state index is 5.13. The molecule has 0 unspecified atom stereocenters. The van der Waals surface area contributed by atoms with Crippen molar-refractivity contribution in [3.8, 4) is 5.75 Å². The molecule has 0 aliphatic carbocycles. The summed E-state index contributed by atoms with van der Waals surface area (Å²) in [6.07, 6.45) is 5.08. The second-order valence-corrected chi connectivity index (χ2v) is 5.18. The van der Waals surface area contributed by atoms with E-state index in [9.17, 15) is 0 Å². The van der Waals surface area contributed by atoms with Crippen molar-refractivity contribution in [1.29, 1.82) is 0 Å². The van der Waals surface area contributed by atoms with Gasteiger partial charge in [-0.2, -0.15) is 0 Å². The highest BCUT2D eigenvalue weighted by molar-refractivity contribution is 14.1. The zero-order valence-electron chi connectivity index (χ0n) is 10.5. The van der Waals surface area contributed by atoms with Gasteiger partial charge in [0, 0.05) is 0 Å². The third-order valence-electron chi connectivity index (χ3n) is 2.74. The molecule has 0 aromatic heterocycles. The highest BCUT2D eigenvalue weighted by atomic mass is 127. The average Bonchev–Trinajstić information content (AvgIpc) is 2.38. The summed E-state index contributed by atoms with van der Waals surface area (Å²) in [6, 6.07) is 8.32. The van der Waals surface area contributed by atoms with Gasteiger partial charge in [-0.25, -0.2) is 0 Å². The summed E-state index contributed by atoms with van der Waals surface area (Å²) in [6.45, 7) is 2.21. The molecule has 0 saturated carbocycles. The van der Waals surface area contributed by atoms with Gasteiger partial charge in [0.15, 0.2) is 0 Å². The molecule has 1 rings (SSSR count). The Balaban J connectivity index is 2.05. The van der Waals surface area contributed by atoms with Crippen molar-refractivity contribution < 1.29 is 4.74 Å². The van der Waals surface area contributed by atoms with E-state index in [4.69, 9.17) is 4.74 Å². The van der Waals surface area contributed by atoms with Crippen LogP contribution in [0.3, 0.4) is 0 Å². The van der Waals surface area contributed by atoms with Gasteiger partial charge in [0.25, 0.3) is 0 Å². The molecule has 3 heteroatoms. The quantitative estimate of drug-likeness (QED) is 0.420. The minimum atomic E-state index is 0.931.